The van der Waals surface area contributed by atoms with Crippen LogP contribution in [-0.4, -0.2) is 54.8 Å². The number of nitrogens with two attached hydrogens (primary N) is 1. The Kier molecular flexibility index (Phi) is 6.82. The maximum Gasteiger partial charge on any atom is 0.416 e. The largest absolute Gasteiger partial charge is 0.416 e. The van der Waals surface area contributed by atoms with E-state index in [0.717, 1.165) is 22.9 Å². The molecule has 0 spiro atoms. The van der Waals surface area contributed by atoms with Gasteiger partial charge in [-0.05, 0) is 56.9 Å². The van der Waals surface area contributed by atoms with Gasteiger partial charge in [0.2, 0.25) is 0 Å². The number of halogens is 3. The average Bonchev–Trinajstić information content (AvgIpc) is 3.34. The van der Waals surface area contributed by atoms with Gasteiger partial charge in [0, 0.05) is 36.8 Å². The van der Waals surface area contributed by atoms with Crippen LogP contribution in [0, 0.1) is 5.92 Å². The summed E-state index contributed by atoms with van der Waals surface area (Å²) in [7, 11) is -4.12. The molecule has 0 saturated carbocycles. The molecule has 36 heavy (non-hydrogen) atoms. The van der Waals surface area contributed by atoms with E-state index in [9.17, 15) is 26.4 Å². The number of nitrogens with zero attached hydrogens (tertiary/aromatic N) is 3. The quantitative estimate of drug-likeness (QED) is 0.620. The van der Waals surface area contributed by atoms with Crippen LogP contribution in [0.5, 0.6) is 0 Å². The SMILES string of the molecule is C[C@@H]1CN(c2nc(-c3cccc(C(F)(F)F)c3)ccc2C(=O)NS(=O)(=O)N2CC[C@@H](N)C2)C(C)(C)C1. The van der Waals surface area contributed by atoms with E-state index in [4.69, 9.17) is 5.73 Å². The van der Waals surface area contributed by atoms with E-state index >= 15 is 0 Å². The van der Waals surface area contributed by atoms with Crippen LogP contribution in [0.1, 0.15) is 49.5 Å². The monoisotopic (exact) mass is 525 g/mol. The summed E-state index contributed by atoms with van der Waals surface area (Å²) >= 11 is 0. The molecular weight excluding hydrogens is 495 g/mol. The van der Waals surface area contributed by atoms with Crippen LogP contribution < -0.4 is 15.4 Å². The zero-order chi connectivity index (χ0) is 26.5. The van der Waals surface area contributed by atoms with Gasteiger partial charge in [-0.25, -0.2) is 9.71 Å². The van der Waals surface area contributed by atoms with Gasteiger partial charge in [0.1, 0.15) is 5.82 Å². The maximum atomic E-state index is 13.3. The first-order chi connectivity index (χ1) is 16.7. The van der Waals surface area contributed by atoms with E-state index in [1.807, 2.05) is 18.7 Å². The van der Waals surface area contributed by atoms with Crippen molar-refractivity contribution in [1.82, 2.24) is 14.0 Å². The summed E-state index contributed by atoms with van der Waals surface area (Å²) < 4.78 is 68.7. The van der Waals surface area contributed by atoms with Crippen LogP contribution in [0.3, 0.4) is 0 Å². The van der Waals surface area contributed by atoms with Crippen molar-refractivity contribution in [3.63, 3.8) is 0 Å². The Balaban J connectivity index is 1.75. The van der Waals surface area contributed by atoms with Crippen LogP contribution >= 0.6 is 0 Å². The van der Waals surface area contributed by atoms with E-state index in [1.54, 1.807) is 0 Å². The Morgan fingerprint density at radius 3 is 2.50 bits per heavy atom. The summed E-state index contributed by atoms with van der Waals surface area (Å²) in [5.74, 6) is -0.362. The third-order valence-corrected chi connectivity index (χ3v) is 8.14. The highest BCUT2D eigenvalue weighted by Gasteiger charge is 2.40. The van der Waals surface area contributed by atoms with E-state index < -0.39 is 33.4 Å². The summed E-state index contributed by atoms with van der Waals surface area (Å²) in [6.45, 7) is 6.90. The molecule has 1 aromatic heterocycles. The zero-order valence-electron chi connectivity index (χ0n) is 20.3. The third kappa shape index (κ3) is 5.35. The van der Waals surface area contributed by atoms with Gasteiger partial charge in [0.15, 0.2) is 0 Å². The Bertz CT molecular complexity index is 1270. The predicted octanol–water partition coefficient (Wildman–Crippen LogP) is 3.40. The summed E-state index contributed by atoms with van der Waals surface area (Å²) in [5, 5.41) is 0. The molecule has 2 aromatic rings. The number of benzene rings is 1. The summed E-state index contributed by atoms with van der Waals surface area (Å²) in [6, 6.07) is 7.34. The fourth-order valence-electron chi connectivity index (χ4n) is 5.02. The maximum absolute atomic E-state index is 13.3. The lowest BCUT2D eigenvalue weighted by atomic mass is 9.97. The van der Waals surface area contributed by atoms with E-state index in [-0.39, 0.29) is 47.7 Å². The van der Waals surface area contributed by atoms with Crippen LogP contribution in [0.15, 0.2) is 36.4 Å². The second-order valence-electron chi connectivity index (χ2n) is 10.2. The van der Waals surface area contributed by atoms with E-state index in [1.165, 1.54) is 24.3 Å². The molecule has 2 fully saturated rings. The molecule has 0 bridgehead atoms. The molecule has 12 heteroatoms. The highest BCUT2D eigenvalue weighted by molar-refractivity contribution is 7.87. The van der Waals surface area contributed by atoms with Gasteiger partial charge in [-0.1, -0.05) is 19.1 Å². The molecule has 1 aromatic carbocycles. The minimum atomic E-state index is -4.52. The van der Waals surface area contributed by atoms with Gasteiger partial charge in [-0.15, -0.1) is 0 Å². The number of nitrogens with one attached hydrogen (secondary N) is 1. The Morgan fingerprint density at radius 2 is 1.92 bits per heavy atom. The van der Waals surface area contributed by atoms with Gasteiger partial charge >= 0.3 is 16.4 Å². The minimum Gasteiger partial charge on any atom is -0.351 e. The lowest BCUT2D eigenvalue weighted by Gasteiger charge is -2.34. The van der Waals surface area contributed by atoms with Crippen molar-refractivity contribution < 1.29 is 26.4 Å². The standard InChI is InChI=1S/C24H30F3N5O3S/c1-15-12-23(2,3)32(13-15)21-19(22(33)30-36(34,35)31-10-9-18(28)14-31)7-8-20(29-21)16-5-4-6-17(11-16)24(25,26)27/h4-8,11,15,18H,9-10,12-14,28H2,1-3H3,(H,30,33)/t15-,18+/m0/s1. The van der Waals surface area contributed by atoms with E-state index in [0.29, 0.717) is 13.0 Å². The fourth-order valence-corrected chi connectivity index (χ4v) is 6.22. The van der Waals surface area contributed by atoms with Crippen molar-refractivity contribution in [2.45, 2.75) is 51.4 Å². The lowest BCUT2D eigenvalue weighted by molar-refractivity contribution is -0.137. The number of carbonyl (C=O) groups excluding carboxylic acids is 1. The molecule has 4 rings (SSSR count). The molecule has 2 aliphatic rings. The number of carbonyl (C=O) groups is 1. The average molecular weight is 526 g/mol. The van der Waals surface area contributed by atoms with Crippen molar-refractivity contribution in [3.8, 4) is 11.3 Å². The van der Waals surface area contributed by atoms with Crippen molar-refractivity contribution in [1.29, 1.82) is 0 Å². The molecule has 3 N–H and O–H groups in total. The summed E-state index contributed by atoms with van der Waals surface area (Å²) in [6.07, 6.45) is -3.22. The van der Waals surface area contributed by atoms with Crippen LogP contribution in [-0.2, 0) is 16.4 Å². The molecule has 196 valence electrons. The van der Waals surface area contributed by atoms with Gasteiger partial charge in [0.25, 0.3) is 5.91 Å². The number of pyridine rings is 1. The number of amides is 1. The first kappa shape index (κ1) is 26.4. The third-order valence-electron chi connectivity index (χ3n) is 6.68. The number of alkyl halides is 3. The molecule has 0 aliphatic carbocycles. The Morgan fingerprint density at radius 1 is 1.19 bits per heavy atom. The molecular formula is C24H30F3N5O3S. The number of rotatable bonds is 5. The highest BCUT2D eigenvalue weighted by Crippen LogP contribution is 2.39. The van der Waals surface area contributed by atoms with Crippen molar-refractivity contribution in [2.24, 2.45) is 11.7 Å². The molecule has 0 unspecified atom stereocenters. The predicted molar refractivity (Wildman–Crippen MR) is 130 cm³/mol. The molecule has 2 aliphatic heterocycles. The van der Waals surface area contributed by atoms with Gasteiger partial charge in [-0.3, -0.25) is 4.79 Å². The summed E-state index contributed by atoms with van der Waals surface area (Å²) in [5.41, 5.74) is 5.11. The molecule has 2 saturated heterocycles. The first-order valence-corrected chi connectivity index (χ1v) is 13.2. The smallest absolute Gasteiger partial charge is 0.351 e. The number of hydrogen-bond acceptors (Lipinski definition) is 6. The highest BCUT2D eigenvalue weighted by atomic mass is 32.2. The minimum absolute atomic E-state index is 0.0278. The van der Waals surface area contributed by atoms with Gasteiger partial charge in [0.05, 0.1) is 16.8 Å². The van der Waals surface area contributed by atoms with Crippen molar-refractivity contribution >= 4 is 21.9 Å². The van der Waals surface area contributed by atoms with Crippen molar-refractivity contribution in [3.05, 3.63) is 47.5 Å². The summed E-state index contributed by atoms with van der Waals surface area (Å²) in [4.78, 5) is 19.8. The Hall–Kier alpha value is -2.70. The van der Waals surface area contributed by atoms with Crippen LogP contribution in [0.25, 0.3) is 11.3 Å². The van der Waals surface area contributed by atoms with Gasteiger partial charge in [-0.2, -0.15) is 25.9 Å². The number of anilines is 1. The van der Waals surface area contributed by atoms with E-state index in [2.05, 4.69) is 16.6 Å². The second kappa shape index (κ2) is 9.31. The number of aromatic nitrogens is 1. The molecule has 0 radical (unpaired) electrons. The first-order valence-electron chi connectivity index (χ1n) is 11.7. The molecule has 2 atom stereocenters. The normalized spacial score (nSPS) is 22.7. The number of hydrogen-bond donors (Lipinski definition) is 2. The van der Waals surface area contributed by atoms with Gasteiger partial charge < -0.3 is 10.6 Å². The topological polar surface area (TPSA) is 109 Å². The van der Waals surface area contributed by atoms with Crippen LogP contribution in [0.4, 0.5) is 19.0 Å². The zero-order valence-corrected chi connectivity index (χ0v) is 21.2. The van der Waals surface area contributed by atoms with Crippen LogP contribution in [0.2, 0.25) is 0 Å². The fraction of sp³-hybridized carbons (Fsp3) is 0.500. The molecule has 8 nitrogen and oxygen atoms in total. The van der Waals surface area contributed by atoms with Crippen molar-refractivity contribution in [2.75, 3.05) is 24.5 Å². The Labute approximate surface area is 208 Å². The lowest BCUT2D eigenvalue weighted by Crippen LogP contribution is -2.44. The molecule has 1 amide bonds. The second-order valence-corrected chi connectivity index (χ2v) is 11.9. The molecule has 3 heterocycles.